The van der Waals surface area contributed by atoms with Crippen molar-refractivity contribution >= 4 is 33.2 Å². The molecular weight excluding hydrogens is 340 g/mol. The molecule has 9 heteroatoms. The molecule has 0 N–H and O–H groups in total. The van der Waals surface area contributed by atoms with Crippen molar-refractivity contribution in [1.82, 2.24) is 29.4 Å². The van der Waals surface area contributed by atoms with E-state index in [4.69, 9.17) is 4.74 Å². The van der Waals surface area contributed by atoms with Crippen molar-refractivity contribution in [2.24, 2.45) is 7.05 Å². The van der Waals surface area contributed by atoms with Crippen LogP contribution in [-0.4, -0.2) is 41.9 Å². The highest BCUT2D eigenvalue weighted by Gasteiger charge is 2.21. The maximum Gasteiger partial charge on any atom is 0.348 e. The predicted octanol–water partition coefficient (Wildman–Crippen LogP) is 2.53. The van der Waals surface area contributed by atoms with Gasteiger partial charge in [-0.2, -0.15) is 5.10 Å². The second-order valence-electron chi connectivity index (χ2n) is 5.70. The van der Waals surface area contributed by atoms with Gasteiger partial charge in [0.15, 0.2) is 11.5 Å². The van der Waals surface area contributed by atoms with Gasteiger partial charge in [-0.25, -0.2) is 19.3 Å². The zero-order valence-electron chi connectivity index (χ0n) is 14.3. The standard InChI is InChI=1S/C16H16N6O2S/c1-5-24-16(23)12-9(3)11-14-18-13(10-6-8(2)19-21(10)4)20-22(14)7-17-15(11)25-12/h6-7H,5H2,1-4H3. The van der Waals surface area contributed by atoms with Crippen LogP contribution in [0.15, 0.2) is 12.4 Å². The smallest absolute Gasteiger partial charge is 0.348 e. The monoisotopic (exact) mass is 356 g/mol. The van der Waals surface area contributed by atoms with Gasteiger partial charge in [0.2, 0.25) is 0 Å². The molecule has 0 fully saturated rings. The van der Waals surface area contributed by atoms with E-state index in [2.05, 4.69) is 20.2 Å². The molecule has 0 aromatic carbocycles. The minimum Gasteiger partial charge on any atom is -0.462 e. The Bertz CT molecular complexity index is 1120. The van der Waals surface area contributed by atoms with Crippen LogP contribution in [0.3, 0.4) is 0 Å². The summed E-state index contributed by atoms with van der Waals surface area (Å²) < 4.78 is 8.52. The highest BCUT2D eigenvalue weighted by molar-refractivity contribution is 7.20. The Morgan fingerprint density at radius 2 is 2.12 bits per heavy atom. The highest BCUT2D eigenvalue weighted by Crippen LogP contribution is 2.32. The minimum absolute atomic E-state index is 0.330. The molecule has 0 atom stereocenters. The van der Waals surface area contributed by atoms with Gasteiger partial charge in [0.05, 0.1) is 17.7 Å². The normalized spacial score (nSPS) is 11.5. The molecule has 25 heavy (non-hydrogen) atoms. The molecule has 0 saturated carbocycles. The SMILES string of the molecule is CCOC(=O)c1sc2ncn3nc(-c4cc(C)nn4C)nc3c2c1C. The summed E-state index contributed by atoms with van der Waals surface area (Å²) >= 11 is 1.31. The Morgan fingerprint density at radius 3 is 2.80 bits per heavy atom. The molecule has 0 spiro atoms. The summed E-state index contributed by atoms with van der Waals surface area (Å²) in [7, 11) is 1.86. The van der Waals surface area contributed by atoms with Crippen LogP contribution in [0.25, 0.3) is 27.4 Å². The van der Waals surface area contributed by atoms with Crippen molar-refractivity contribution in [2.75, 3.05) is 6.61 Å². The number of thiophene rings is 1. The third kappa shape index (κ3) is 2.39. The molecule has 0 unspecified atom stereocenters. The van der Waals surface area contributed by atoms with Gasteiger partial charge in [-0.3, -0.25) is 4.68 Å². The Labute approximate surface area is 147 Å². The average molecular weight is 356 g/mol. The van der Waals surface area contributed by atoms with Crippen LogP contribution in [0, 0.1) is 13.8 Å². The summed E-state index contributed by atoms with van der Waals surface area (Å²) in [6.45, 7) is 5.94. The molecule has 0 aliphatic carbocycles. The van der Waals surface area contributed by atoms with Crippen LogP contribution in [0.2, 0.25) is 0 Å². The van der Waals surface area contributed by atoms with Gasteiger partial charge in [0.1, 0.15) is 21.7 Å². The maximum absolute atomic E-state index is 12.2. The lowest BCUT2D eigenvalue weighted by Gasteiger charge is -1.99. The molecule has 0 radical (unpaired) electrons. The van der Waals surface area contributed by atoms with Gasteiger partial charge in [0, 0.05) is 7.05 Å². The van der Waals surface area contributed by atoms with Crippen molar-refractivity contribution in [3.63, 3.8) is 0 Å². The third-order valence-corrected chi connectivity index (χ3v) is 5.14. The summed E-state index contributed by atoms with van der Waals surface area (Å²) in [6, 6.07) is 1.93. The number of hydrogen-bond donors (Lipinski definition) is 0. The van der Waals surface area contributed by atoms with E-state index in [0.29, 0.717) is 23.0 Å². The summed E-state index contributed by atoms with van der Waals surface area (Å²) in [5, 5.41) is 9.67. The van der Waals surface area contributed by atoms with E-state index in [1.807, 2.05) is 27.0 Å². The van der Waals surface area contributed by atoms with Gasteiger partial charge in [-0.1, -0.05) is 0 Å². The number of hydrogen-bond acceptors (Lipinski definition) is 7. The molecule has 4 aromatic rings. The molecule has 128 valence electrons. The average Bonchev–Trinajstić information content (AvgIpc) is 3.22. The molecule has 4 rings (SSSR count). The third-order valence-electron chi connectivity index (χ3n) is 3.96. The van der Waals surface area contributed by atoms with Gasteiger partial charge >= 0.3 is 5.97 Å². The van der Waals surface area contributed by atoms with E-state index >= 15 is 0 Å². The van der Waals surface area contributed by atoms with E-state index in [1.165, 1.54) is 11.3 Å². The van der Waals surface area contributed by atoms with Crippen LogP contribution in [0.4, 0.5) is 0 Å². The maximum atomic E-state index is 12.2. The second-order valence-corrected chi connectivity index (χ2v) is 6.70. The Balaban J connectivity index is 1.94. The van der Waals surface area contributed by atoms with Crippen LogP contribution < -0.4 is 0 Å². The van der Waals surface area contributed by atoms with E-state index in [0.717, 1.165) is 27.2 Å². The van der Waals surface area contributed by atoms with Crippen molar-refractivity contribution < 1.29 is 9.53 Å². The lowest BCUT2D eigenvalue weighted by atomic mass is 10.2. The van der Waals surface area contributed by atoms with Crippen LogP contribution in [-0.2, 0) is 11.8 Å². The molecule has 0 aliphatic rings. The molecule has 0 amide bonds. The first kappa shape index (κ1) is 15.7. The second kappa shape index (κ2) is 5.62. The topological polar surface area (TPSA) is 87.2 Å². The van der Waals surface area contributed by atoms with E-state index in [-0.39, 0.29) is 5.97 Å². The zero-order valence-corrected chi connectivity index (χ0v) is 15.1. The molecule has 0 aliphatic heterocycles. The molecular formula is C16H16N6O2S. The van der Waals surface area contributed by atoms with E-state index in [9.17, 15) is 4.79 Å². The summed E-state index contributed by atoms with van der Waals surface area (Å²) in [5.74, 6) is 0.240. The zero-order chi connectivity index (χ0) is 17.7. The van der Waals surface area contributed by atoms with E-state index < -0.39 is 0 Å². The summed E-state index contributed by atoms with van der Waals surface area (Å²) in [6.07, 6.45) is 1.61. The number of rotatable bonds is 3. The Kier molecular flexibility index (Phi) is 3.53. The lowest BCUT2D eigenvalue weighted by Crippen LogP contribution is -2.03. The predicted molar refractivity (Wildman–Crippen MR) is 93.8 cm³/mol. The molecule has 0 bridgehead atoms. The number of carbonyl (C=O) groups excluding carboxylic acids is 1. The molecule has 0 saturated heterocycles. The number of ether oxygens (including phenoxy) is 1. The Morgan fingerprint density at radius 1 is 1.32 bits per heavy atom. The number of esters is 1. The number of aromatic nitrogens is 6. The molecule has 4 heterocycles. The molecule has 4 aromatic heterocycles. The molecule has 8 nitrogen and oxygen atoms in total. The van der Waals surface area contributed by atoms with Crippen LogP contribution >= 0.6 is 11.3 Å². The summed E-state index contributed by atoms with van der Waals surface area (Å²) in [5.41, 5.74) is 3.21. The number of fused-ring (bicyclic) bond motifs is 3. The fraction of sp³-hybridized carbons (Fsp3) is 0.312. The van der Waals surface area contributed by atoms with Crippen LogP contribution in [0.1, 0.15) is 27.9 Å². The van der Waals surface area contributed by atoms with E-state index in [1.54, 1.807) is 22.4 Å². The van der Waals surface area contributed by atoms with Crippen molar-refractivity contribution in [1.29, 1.82) is 0 Å². The van der Waals surface area contributed by atoms with Gasteiger partial charge < -0.3 is 4.74 Å². The summed E-state index contributed by atoms with van der Waals surface area (Å²) in [4.78, 5) is 22.5. The number of nitrogens with zero attached hydrogens (tertiary/aromatic N) is 6. The van der Waals surface area contributed by atoms with Gasteiger partial charge in [-0.15, -0.1) is 16.4 Å². The van der Waals surface area contributed by atoms with Crippen molar-refractivity contribution in [3.8, 4) is 11.5 Å². The van der Waals surface area contributed by atoms with Gasteiger partial charge in [0.25, 0.3) is 0 Å². The van der Waals surface area contributed by atoms with Crippen LogP contribution in [0.5, 0.6) is 0 Å². The minimum atomic E-state index is -0.330. The fourth-order valence-corrected chi connectivity index (χ4v) is 3.89. The largest absolute Gasteiger partial charge is 0.462 e. The first-order valence-corrected chi connectivity index (χ1v) is 8.63. The highest BCUT2D eigenvalue weighted by atomic mass is 32.1. The Hall–Kier alpha value is -2.81. The van der Waals surface area contributed by atoms with Crippen molar-refractivity contribution in [2.45, 2.75) is 20.8 Å². The fourth-order valence-electron chi connectivity index (χ4n) is 2.85. The first-order chi connectivity index (χ1) is 12.0. The number of carbonyl (C=O) groups is 1. The van der Waals surface area contributed by atoms with Crippen molar-refractivity contribution in [3.05, 3.63) is 28.5 Å². The first-order valence-electron chi connectivity index (χ1n) is 7.82. The number of aryl methyl sites for hydroxylation is 3. The van der Waals surface area contributed by atoms with Gasteiger partial charge in [-0.05, 0) is 32.4 Å². The quantitative estimate of drug-likeness (QED) is 0.524. The lowest BCUT2D eigenvalue weighted by molar-refractivity contribution is 0.0531.